The monoisotopic (exact) mass is 1040 g/mol. The van der Waals surface area contributed by atoms with Crippen LogP contribution in [0.2, 0.25) is 0 Å². The SMILES string of the molecule is CCC1=C(C)c2nc1cc1[nH]c(cc3[nH]c(cc4[nH]c(cc5[nH+]c2C(C)=C5CC)c(C)c4CCC(=O)N(C)C[C@H](O)[C@@H](O)[C@H](O)[C@H](O)CO)c(CC)c3CC)c(CCC(=O)N(C)C[C@H](O)[C@@H](O)[C@H](O)[C@H](O)CO)c1C. The van der Waals surface area contributed by atoms with Crippen LogP contribution in [-0.2, 0) is 35.3 Å². The zero-order chi connectivity index (χ0) is 55.3. The number of aromatic amines is 4. The molecular weight excluding hydrogens is 963 g/mol. The van der Waals surface area contributed by atoms with Crippen molar-refractivity contribution >= 4 is 67.2 Å². The maximum absolute atomic E-state index is 13.7. The third-order valence-electron chi connectivity index (χ3n) is 15.3. The van der Waals surface area contributed by atoms with E-state index in [1.807, 2.05) is 13.8 Å². The first kappa shape index (κ1) is 58.7. The van der Waals surface area contributed by atoms with Gasteiger partial charge in [0.1, 0.15) is 54.5 Å². The van der Waals surface area contributed by atoms with Crippen molar-refractivity contribution in [2.24, 2.45) is 0 Å². The van der Waals surface area contributed by atoms with E-state index < -0.39 is 62.0 Å². The fourth-order valence-electron chi connectivity index (χ4n) is 10.6. The number of amides is 2. The number of nitrogens with one attached hydrogen (secondary N) is 4. The third kappa shape index (κ3) is 12.3. The Hall–Kier alpha value is -5.58. The van der Waals surface area contributed by atoms with Crippen LogP contribution in [0.5, 0.6) is 0 Å². The summed E-state index contributed by atoms with van der Waals surface area (Å²) in [4.78, 5) is 50.2. The molecule has 6 heterocycles. The second-order valence-electron chi connectivity index (χ2n) is 20.1. The molecule has 0 aliphatic carbocycles. The molecule has 0 spiro atoms. The van der Waals surface area contributed by atoms with Crippen molar-refractivity contribution < 1.29 is 65.6 Å². The Labute approximate surface area is 437 Å². The molecule has 75 heavy (non-hydrogen) atoms. The predicted octanol–water partition coefficient (Wildman–Crippen LogP) is 2.85. The highest BCUT2D eigenvalue weighted by Crippen LogP contribution is 2.39. The summed E-state index contributed by atoms with van der Waals surface area (Å²) in [6.07, 6.45) is -10.3. The second kappa shape index (κ2) is 25.1. The average Bonchev–Trinajstić information content (AvgIpc) is 4.15. The van der Waals surface area contributed by atoms with Gasteiger partial charge in [0.05, 0.1) is 18.9 Å². The molecule has 14 N–H and O–H groups in total. The molecule has 10 bridgehead atoms. The van der Waals surface area contributed by atoms with Gasteiger partial charge in [0.2, 0.25) is 23.2 Å². The van der Waals surface area contributed by atoms with Crippen LogP contribution in [0.15, 0.2) is 24.3 Å². The smallest absolute Gasteiger partial charge is 0.233 e. The van der Waals surface area contributed by atoms with Gasteiger partial charge < -0.3 is 75.8 Å². The second-order valence-corrected chi connectivity index (χ2v) is 20.1. The van der Waals surface area contributed by atoms with E-state index in [9.17, 15) is 60.7 Å². The summed E-state index contributed by atoms with van der Waals surface area (Å²) in [7, 11) is 2.97. The number of aliphatic hydroxyl groups is 10. The highest BCUT2D eigenvalue weighted by molar-refractivity contribution is 5.98. The number of H-pyrrole nitrogens is 4. The summed E-state index contributed by atoms with van der Waals surface area (Å²) in [5.74, 6) is -0.659. The predicted molar refractivity (Wildman–Crippen MR) is 288 cm³/mol. The van der Waals surface area contributed by atoms with Gasteiger partial charge in [-0.25, -0.2) is 9.97 Å². The fraction of sp³-hybridized carbons (Fsp3) is 0.536. The molecule has 0 saturated heterocycles. The highest BCUT2D eigenvalue weighted by atomic mass is 16.4. The van der Waals surface area contributed by atoms with Crippen LogP contribution in [0.3, 0.4) is 0 Å². The molecule has 2 aliphatic rings. The Morgan fingerprint density at radius 3 is 1.35 bits per heavy atom. The highest BCUT2D eigenvalue weighted by Gasteiger charge is 2.34. The van der Waals surface area contributed by atoms with Crippen molar-refractivity contribution in [2.75, 3.05) is 40.4 Å². The average molecular weight is 1040 g/mol. The van der Waals surface area contributed by atoms with Crippen LogP contribution in [0, 0.1) is 13.8 Å². The van der Waals surface area contributed by atoms with Gasteiger partial charge in [-0.15, -0.1) is 0 Å². The van der Waals surface area contributed by atoms with Gasteiger partial charge in [-0.3, -0.25) is 9.59 Å². The Bertz CT molecular complexity index is 2810. The lowest BCUT2D eigenvalue weighted by molar-refractivity contribution is -0.381. The third-order valence-corrected chi connectivity index (χ3v) is 15.3. The molecule has 6 rings (SSSR count). The van der Waals surface area contributed by atoms with Gasteiger partial charge in [0.25, 0.3) is 0 Å². The minimum absolute atomic E-state index is 0.0318. The zero-order valence-electron chi connectivity index (χ0n) is 45.0. The summed E-state index contributed by atoms with van der Waals surface area (Å²) < 4.78 is 0. The van der Waals surface area contributed by atoms with Gasteiger partial charge in [-0.2, -0.15) is 0 Å². The number of aromatic nitrogens is 5. The van der Waals surface area contributed by atoms with E-state index in [2.05, 4.69) is 85.7 Å². The number of allylic oxidation sites excluding steroid dienone is 4. The molecule has 4 aromatic heterocycles. The topological polar surface area (TPSA) is 317 Å². The molecular formula is C56H80N7O12+. The first-order valence-corrected chi connectivity index (χ1v) is 26.1. The maximum Gasteiger partial charge on any atom is 0.233 e. The van der Waals surface area contributed by atoms with Crippen LogP contribution in [0.4, 0.5) is 0 Å². The van der Waals surface area contributed by atoms with E-state index in [-0.39, 0.29) is 37.7 Å². The lowest BCUT2D eigenvalue weighted by Crippen LogP contribution is -2.50. The van der Waals surface area contributed by atoms with E-state index in [0.717, 1.165) is 124 Å². The van der Waals surface area contributed by atoms with Gasteiger partial charge in [-0.05, 0) is 129 Å². The van der Waals surface area contributed by atoms with E-state index in [4.69, 9.17) is 4.98 Å². The minimum Gasteiger partial charge on any atom is -0.394 e. The summed E-state index contributed by atoms with van der Waals surface area (Å²) in [5.41, 5.74) is 18.6. The number of aliphatic hydroxyl groups excluding tert-OH is 10. The van der Waals surface area contributed by atoms with Crippen molar-refractivity contribution in [1.29, 1.82) is 0 Å². The Morgan fingerprint density at radius 1 is 0.533 bits per heavy atom. The number of carbonyl (C=O) groups is 2. The largest absolute Gasteiger partial charge is 0.394 e. The lowest BCUT2D eigenvalue weighted by atomic mass is 9.99. The quantitative estimate of drug-likeness (QED) is 0.0540. The summed E-state index contributed by atoms with van der Waals surface area (Å²) in [6, 6.07) is 8.33. The molecule has 4 aromatic rings. The number of fused-ring (bicyclic) bond motifs is 11. The van der Waals surface area contributed by atoms with E-state index >= 15 is 0 Å². The fourth-order valence-corrected chi connectivity index (χ4v) is 10.6. The molecule has 2 aliphatic heterocycles. The van der Waals surface area contributed by atoms with Crippen LogP contribution in [0.1, 0.15) is 123 Å². The minimum atomic E-state index is -1.82. The summed E-state index contributed by atoms with van der Waals surface area (Å²) >= 11 is 0. The number of nitrogens with zero attached hydrogens (tertiary/aromatic N) is 3. The molecule has 410 valence electrons. The van der Waals surface area contributed by atoms with Crippen LogP contribution < -0.4 is 4.98 Å². The van der Waals surface area contributed by atoms with Crippen molar-refractivity contribution in [3.8, 4) is 0 Å². The summed E-state index contributed by atoms with van der Waals surface area (Å²) in [6.45, 7) is 14.4. The first-order chi connectivity index (χ1) is 35.5. The molecule has 0 radical (unpaired) electrons. The Kier molecular flexibility index (Phi) is 19.6. The van der Waals surface area contributed by atoms with Gasteiger partial charge in [0, 0.05) is 90.3 Å². The Morgan fingerprint density at radius 2 is 0.933 bits per heavy atom. The molecule has 0 fully saturated rings. The number of likely N-dealkylation sites (N-methyl/N-ethyl adjacent to an activating group) is 2. The maximum atomic E-state index is 13.7. The van der Waals surface area contributed by atoms with Gasteiger partial charge in [0.15, 0.2) is 0 Å². The van der Waals surface area contributed by atoms with Gasteiger partial charge >= 0.3 is 0 Å². The van der Waals surface area contributed by atoms with E-state index in [1.165, 1.54) is 23.9 Å². The first-order valence-electron chi connectivity index (χ1n) is 26.1. The number of carbonyl (C=O) groups excluding carboxylic acids is 2. The molecule has 8 atom stereocenters. The van der Waals surface area contributed by atoms with Crippen molar-refractivity contribution in [3.05, 3.63) is 80.4 Å². The van der Waals surface area contributed by atoms with Crippen LogP contribution in [0.25, 0.3) is 55.4 Å². The van der Waals surface area contributed by atoms with Crippen molar-refractivity contribution in [2.45, 2.75) is 156 Å². The number of aryl methyl sites for hydroxylation is 6. The molecule has 19 nitrogen and oxygen atoms in total. The number of hydrogen-bond acceptors (Lipinski definition) is 13. The van der Waals surface area contributed by atoms with E-state index in [0.29, 0.717) is 25.7 Å². The standard InChI is InChI=1S/C56H79N7O12/c1-11-31-29(7)51-52-30(8)32(12-2)40(61-52)20-38-28(6)36(16-18-50(71)63(10)24-46(67)54(73)56(75)48(69)26-65)44(58-38)22-42-34(14-4)33(13-3)41(59-42)21-43-35(27(5)37(57-43)19-39(31)60-51)15-17-49(70)62(9)23-45(66)53(72)55(74)47(68)25-64/h19-22,45-48,53-59,64-69,72-75H,11-18,23-26H2,1-10H3/p+1/t45-,46-,47+,48+,53+,54+,55+,56+/m0/s1. The summed E-state index contributed by atoms with van der Waals surface area (Å²) in [5, 5.41) is 101. The van der Waals surface area contributed by atoms with E-state index in [1.54, 1.807) is 0 Å². The number of hydrogen-bond donors (Lipinski definition) is 13. The van der Waals surface area contributed by atoms with Crippen molar-refractivity contribution in [1.82, 2.24) is 29.7 Å². The lowest BCUT2D eigenvalue weighted by Gasteiger charge is -2.28. The Balaban J connectivity index is 1.54. The molecule has 2 amide bonds. The van der Waals surface area contributed by atoms with Crippen molar-refractivity contribution in [3.63, 3.8) is 0 Å². The van der Waals surface area contributed by atoms with Crippen LogP contribution in [-0.4, -0.2) is 182 Å². The molecule has 0 aromatic carbocycles. The van der Waals surface area contributed by atoms with Crippen LogP contribution >= 0.6 is 0 Å². The molecule has 0 saturated carbocycles. The molecule has 0 unspecified atom stereocenters. The molecule has 19 heteroatoms. The normalized spacial score (nSPS) is 16.2. The number of rotatable bonds is 22. The zero-order valence-corrected chi connectivity index (χ0v) is 45.0. The van der Waals surface area contributed by atoms with Gasteiger partial charge in [-0.1, -0.05) is 27.7 Å².